The van der Waals surface area contributed by atoms with Gasteiger partial charge in [-0.3, -0.25) is 0 Å². The number of aromatic hydroxyl groups is 1. The minimum Gasteiger partial charge on any atom is -0.504 e. The second-order valence-corrected chi connectivity index (χ2v) is 6.42. The fraction of sp³-hybridized carbons (Fsp3) is 0.125. The van der Waals surface area contributed by atoms with Crippen LogP contribution < -0.4 is 5.73 Å². The molecule has 3 nitrogen and oxygen atoms in total. The standard InChI is InChI=1S/C16H11ClF3NO2S/c17-12-8(4-3-5-9(12)16(18,19)20)11-13(22)14(23-15(11)21)10-6-1-2-7-24-10/h1-7,10,22H,21H2. The number of nitrogen functional groups attached to an aromatic ring is 1. The molecule has 0 bridgehead atoms. The predicted molar refractivity (Wildman–Crippen MR) is 88.8 cm³/mol. The molecule has 2 heterocycles. The first-order chi connectivity index (χ1) is 11.3. The molecule has 1 aromatic carbocycles. The highest BCUT2D eigenvalue weighted by atomic mass is 35.5. The number of allylic oxidation sites excluding steroid dienone is 2. The Morgan fingerprint density at radius 2 is 2.00 bits per heavy atom. The second-order valence-electron chi connectivity index (χ2n) is 4.99. The largest absolute Gasteiger partial charge is 0.504 e. The van der Waals surface area contributed by atoms with Crippen LogP contribution in [0.5, 0.6) is 5.75 Å². The van der Waals surface area contributed by atoms with Gasteiger partial charge in [0.1, 0.15) is 0 Å². The average molecular weight is 374 g/mol. The van der Waals surface area contributed by atoms with Crippen molar-refractivity contribution in [3.8, 4) is 16.9 Å². The highest BCUT2D eigenvalue weighted by molar-refractivity contribution is 8.02. The molecule has 1 unspecified atom stereocenters. The first-order valence-electron chi connectivity index (χ1n) is 6.76. The topological polar surface area (TPSA) is 59.4 Å². The van der Waals surface area contributed by atoms with Gasteiger partial charge in [-0.2, -0.15) is 13.2 Å². The summed E-state index contributed by atoms with van der Waals surface area (Å²) in [5.41, 5.74) is 4.72. The molecule has 0 saturated carbocycles. The van der Waals surface area contributed by atoms with E-state index < -0.39 is 16.8 Å². The maximum atomic E-state index is 13.0. The Bertz CT molecular complexity index is 843. The fourth-order valence-corrected chi connectivity index (χ4v) is 3.53. The van der Waals surface area contributed by atoms with Gasteiger partial charge in [-0.1, -0.05) is 42.0 Å². The molecular formula is C16H11ClF3NO2S. The average Bonchev–Trinajstić information content (AvgIpc) is 2.82. The molecule has 0 aliphatic carbocycles. The molecule has 3 rings (SSSR count). The molecule has 0 amide bonds. The minimum absolute atomic E-state index is 0.0307. The van der Waals surface area contributed by atoms with Crippen LogP contribution in [0.1, 0.15) is 16.6 Å². The van der Waals surface area contributed by atoms with Gasteiger partial charge in [0.2, 0.25) is 5.88 Å². The number of thioether (sulfide) groups is 1. The van der Waals surface area contributed by atoms with E-state index >= 15 is 0 Å². The smallest absolute Gasteiger partial charge is 0.417 e. The number of hydrogen-bond donors (Lipinski definition) is 2. The molecule has 0 fully saturated rings. The van der Waals surface area contributed by atoms with Crippen LogP contribution in [0.25, 0.3) is 11.1 Å². The van der Waals surface area contributed by atoms with Crippen LogP contribution in [-0.4, -0.2) is 5.11 Å². The zero-order chi connectivity index (χ0) is 17.5. The zero-order valence-electron chi connectivity index (χ0n) is 12.0. The lowest BCUT2D eigenvalue weighted by Crippen LogP contribution is -2.06. The van der Waals surface area contributed by atoms with Crippen LogP contribution in [0.15, 0.2) is 46.3 Å². The van der Waals surface area contributed by atoms with Crippen LogP contribution in [0, 0.1) is 0 Å². The van der Waals surface area contributed by atoms with E-state index in [1.807, 2.05) is 6.08 Å². The number of nitrogens with two attached hydrogens (primary N) is 1. The quantitative estimate of drug-likeness (QED) is 0.702. The molecule has 1 aliphatic heterocycles. The van der Waals surface area contributed by atoms with Gasteiger partial charge in [0.15, 0.2) is 11.5 Å². The van der Waals surface area contributed by atoms with Crippen LogP contribution in [0.4, 0.5) is 19.1 Å². The maximum absolute atomic E-state index is 13.0. The molecule has 126 valence electrons. The van der Waals surface area contributed by atoms with Crippen molar-refractivity contribution in [3.63, 3.8) is 0 Å². The first-order valence-corrected chi connectivity index (χ1v) is 8.08. The van der Waals surface area contributed by atoms with E-state index in [-0.39, 0.29) is 33.8 Å². The number of rotatable bonds is 2. The molecule has 24 heavy (non-hydrogen) atoms. The third-order valence-electron chi connectivity index (χ3n) is 3.47. The van der Waals surface area contributed by atoms with Gasteiger partial charge in [0, 0.05) is 5.56 Å². The number of benzene rings is 1. The number of anilines is 1. The monoisotopic (exact) mass is 373 g/mol. The van der Waals surface area contributed by atoms with Crippen molar-refractivity contribution in [2.24, 2.45) is 0 Å². The Morgan fingerprint density at radius 1 is 1.25 bits per heavy atom. The number of halogens is 4. The van der Waals surface area contributed by atoms with E-state index in [2.05, 4.69) is 0 Å². The molecule has 2 aromatic rings. The van der Waals surface area contributed by atoms with Crippen molar-refractivity contribution < 1.29 is 22.7 Å². The Hall–Kier alpha value is -1.99. The van der Waals surface area contributed by atoms with Crippen molar-refractivity contribution in [2.45, 2.75) is 11.4 Å². The molecular weight excluding hydrogens is 363 g/mol. The van der Waals surface area contributed by atoms with Crippen LogP contribution in [0.3, 0.4) is 0 Å². The highest BCUT2D eigenvalue weighted by Crippen LogP contribution is 2.50. The second kappa shape index (κ2) is 6.14. The van der Waals surface area contributed by atoms with Gasteiger partial charge < -0.3 is 15.3 Å². The van der Waals surface area contributed by atoms with Crippen molar-refractivity contribution in [1.29, 1.82) is 0 Å². The van der Waals surface area contributed by atoms with E-state index in [0.29, 0.717) is 0 Å². The van der Waals surface area contributed by atoms with E-state index in [1.165, 1.54) is 23.9 Å². The summed E-state index contributed by atoms with van der Waals surface area (Å²) < 4.78 is 44.5. The number of hydrogen-bond acceptors (Lipinski definition) is 4. The van der Waals surface area contributed by atoms with Gasteiger partial charge in [0.05, 0.1) is 21.4 Å². The lowest BCUT2D eigenvalue weighted by Gasteiger charge is -2.12. The van der Waals surface area contributed by atoms with E-state index in [1.54, 1.807) is 17.6 Å². The molecule has 0 radical (unpaired) electrons. The van der Waals surface area contributed by atoms with Gasteiger partial charge in [0.25, 0.3) is 0 Å². The van der Waals surface area contributed by atoms with E-state index in [0.717, 1.165) is 6.07 Å². The molecule has 0 saturated heterocycles. The molecule has 3 N–H and O–H groups in total. The molecule has 1 aliphatic rings. The summed E-state index contributed by atoms with van der Waals surface area (Å²) >= 11 is 7.28. The van der Waals surface area contributed by atoms with Gasteiger partial charge in [-0.05, 0) is 11.5 Å². The summed E-state index contributed by atoms with van der Waals surface area (Å²) in [6.07, 6.45) is 0.752. The Morgan fingerprint density at radius 3 is 2.62 bits per heavy atom. The van der Waals surface area contributed by atoms with Crippen molar-refractivity contribution in [2.75, 3.05) is 5.73 Å². The maximum Gasteiger partial charge on any atom is 0.417 e. The van der Waals surface area contributed by atoms with Crippen LogP contribution in [0.2, 0.25) is 5.02 Å². The summed E-state index contributed by atoms with van der Waals surface area (Å²) in [4.78, 5) is 0. The number of furan rings is 1. The summed E-state index contributed by atoms with van der Waals surface area (Å²) in [5, 5.41) is 11.4. The Balaban J connectivity index is 2.13. The normalized spacial score (nSPS) is 17.4. The highest BCUT2D eigenvalue weighted by Gasteiger charge is 2.35. The SMILES string of the molecule is Nc1oc(C2C=CC=CS2)c(O)c1-c1cccc(C(F)(F)F)c1Cl. The predicted octanol–water partition coefficient (Wildman–Crippen LogP) is 5.76. The Kier molecular flexibility index (Phi) is 4.31. The lowest BCUT2D eigenvalue weighted by molar-refractivity contribution is -0.137. The number of alkyl halides is 3. The molecule has 1 aromatic heterocycles. The zero-order valence-corrected chi connectivity index (χ0v) is 13.5. The van der Waals surface area contributed by atoms with Crippen LogP contribution in [-0.2, 0) is 6.18 Å². The van der Waals surface area contributed by atoms with Crippen molar-refractivity contribution in [3.05, 3.63) is 58.2 Å². The molecule has 1 atom stereocenters. The first kappa shape index (κ1) is 16.9. The van der Waals surface area contributed by atoms with Crippen LogP contribution >= 0.6 is 23.4 Å². The van der Waals surface area contributed by atoms with Gasteiger partial charge in [-0.15, -0.1) is 11.8 Å². The van der Waals surface area contributed by atoms with Crippen molar-refractivity contribution in [1.82, 2.24) is 0 Å². The van der Waals surface area contributed by atoms with Crippen molar-refractivity contribution >= 4 is 29.2 Å². The molecule has 0 spiro atoms. The van der Waals surface area contributed by atoms with Gasteiger partial charge >= 0.3 is 6.18 Å². The van der Waals surface area contributed by atoms with E-state index in [9.17, 15) is 18.3 Å². The Labute approximate surface area is 144 Å². The summed E-state index contributed by atoms with van der Waals surface area (Å²) in [7, 11) is 0. The third kappa shape index (κ3) is 2.89. The lowest BCUT2D eigenvalue weighted by atomic mass is 10.0. The summed E-state index contributed by atoms with van der Waals surface area (Å²) in [6.45, 7) is 0. The third-order valence-corrected chi connectivity index (χ3v) is 4.86. The van der Waals surface area contributed by atoms with E-state index in [4.69, 9.17) is 21.8 Å². The summed E-state index contributed by atoms with van der Waals surface area (Å²) in [6, 6.07) is 3.42. The summed E-state index contributed by atoms with van der Waals surface area (Å²) in [5.74, 6) is -0.333. The van der Waals surface area contributed by atoms with Gasteiger partial charge in [-0.25, -0.2) is 0 Å². The fourth-order valence-electron chi connectivity index (χ4n) is 2.39. The minimum atomic E-state index is -4.61. The molecule has 8 heteroatoms.